The molecular weight excluding hydrogens is 142 g/mol. The molecule has 3 nitrogen and oxygen atoms in total. The molecule has 3 heteroatoms. The topological polar surface area (TPSA) is 41.5 Å². The lowest BCUT2D eigenvalue weighted by atomic mass is 9.95. The summed E-state index contributed by atoms with van der Waals surface area (Å²) < 4.78 is 5.31. The highest BCUT2D eigenvalue weighted by molar-refractivity contribution is 4.89. The Bertz CT molecular complexity index is 105. The Labute approximate surface area is 67.7 Å². The van der Waals surface area contributed by atoms with Crippen LogP contribution in [-0.4, -0.2) is 37.0 Å². The molecule has 0 bridgehead atoms. The van der Waals surface area contributed by atoms with Crippen LogP contribution in [0, 0.1) is 0 Å². The van der Waals surface area contributed by atoms with E-state index in [-0.39, 0.29) is 12.1 Å². The molecule has 1 heterocycles. The van der Waals surface area contributed by atoms with Crippen LogP contribution in [0.2, 0.25) is 0 Å². The Balaban J connectivity index is 2.42. The van der Waals surface area contributed by atoms with E-state index in [0.29, 0.717) is 6.61 Å². The predicted octanol–water partition coefficient (Wildman–Crippen LogP) is 0.137. The van der Waals surface area contributed by atoms with E-state index < -0.39 is 0 Å². The normalized spacial score (nSPS) is 32.2. The van der Waals surface area contributed by atoms with E-state index in [4.69, 9.17) is 9.84 Å². The van der Waals surface area contributed by atoms with Crippen molar-refractivity contribution in [2.45, 2.75) is 25.3 Å². The van der Waals surface area contributed by atoms with Gasteiger partial charge in [-0.1, -0.05) is 13.3 Å². The van der Waals surface area contributed by atoms with Crippen molar-refractivity contribution in [2.24, 2.45) is 0 Å². The maximum atomic E-state index is 9.13. The molecular formula is C8H17NO2. The van der Waals surface area contributed by atoms with Gasteiger partial charge in [0, 0.05) is 6.54 Å². The van der Waals surface area contributed by atoms with E-state index in [2.05, 4.69) is 12.2 Å². The molecule has 1 atom stereocenters. The van der Waals surface area contributed by atoms with Gasteiger partial charge >= 0.3 is 0 Å². The number of rotatable bonds is 3. The molecule has 1 aliphatic rings. The molecule has 1 aliphatic heterocycles. The summed E-state index contributed by atoms with van der Waals surface area (Å²) >= 11 is 0. The molecule has 0 aromatic rings. The first-order valence-corrected chi connectivity index (χ1v) is 4.26. The average molecular weight is 159 g/mol. The fraction of sp³-hybridized carbons (Fsp3) is 1.00. The first-order chi connectivity index (χ1) is 5.33. The summed E-state index contributed by atoms with van der Waals surface area (Å²) in [5, 5.41) is 12.4. The summed E-state index contributed by atoms with van der Waals surface area (Å²) in [7, 11) is 0. The van der Waals surface area contributed by atoms with Crippen LogP contribution in [0.4, 0.5) is 0 Å². The molecule has 1 unspecified atom stereocenters. The lowest BCUT2D eigenvalue weighted by Crippen LogP contribution is -2.56. The van der Waals surface area contributed by atoms with Gasteiger partial charge < -0.3 is 15.2 Å². The van der Waals surface area contributed by atoms with Crippen molar-refractivity contribution < 1.29 is 9.84 Å². The average Bonchev–Trinajstić information content (AvgIpc) is 2.07. The van der Waals surface area contributed by atoms with Crippen molar-refractivity contribution in [1.29, 1.82) is 0 Å². The third kappa shape index (κ3) is 2.15. The van der Waals surface area contributed by atoms with Crippen LogP contribution in [0.25, 0.3) is 0 Å². The van der Waals surface area contributed by atoms with Crippen molar-refractivity contribution in [2.75, 3.05) is 26.4 Å². The van der Waals surface area contributed by atoms with Crippen molar-refractivity contribution in [3.63, 3.8) is 0 Å². The van der Waals surface area contributed by atoms with Crippen LogP contribution in [0.3, 0.4) is 0 Å². The fourth-order valence-electron chi connectivity index (χ4n) is 1.53. The van der Waals surface area contributed by atoms with Crippen LogP contribution in [0.1, 0.15) is 19.8 Å². The molecule has 1 rings (SSSR count). The molecule has 66 valence electrons. The van der Waals surface area contributed by atoms with Gasteiger partial charge in [-0.2, -0.15) is 0 Å². The summed E-state index contributed by atoms with van der Waals surface area (Å²) in [6.45, 7) is 4.58. The number of hydrogen-bond acceptors (Lipinski definition) is 3. The molecule has 0 aromatic carbocycles. The third-order valence-electron chi connectivity index (χ3n) is 2.16. The third-order valence-corrected chi connectivity index (χ3v) is 2.16. The second-order valence-corrected chi connectivity index (χ2v) is 3.17. The van der Waals surface area contributed by atoms with Gasteiger partial charge in [-0.05, 0) is 6.42 Å². The number of morpholine rings is 1. The Morgan fingerprint density at radius 3 is 2.91 bits per heavy atom. The molecule has 0 spiro atoms. The van der Waals surface area contributed by atoms with Crippen LogP contribution in [0.5, 0.6) is 0 Å². The molecule has 0 aliphatic carbocycles. The van der Waals surface area contributed by atoms with E-state index in [1.807, 2.05) is 0 Å². The maximum absolute atomic E-state index is 9.13. The number of aliphatic hydroxyl groups excluding tert-OH is 1. The first-order valence-electron chi connectivity index (χ1n) is 4.26. The van der Waals surface area contributed by atoms with E-state index in [0.717, 1.165) is 26.0 Å². The van der Waals surface area contributed by atoms with E-state index in [9.17, 15) is 0 Å². The summed E-state index contributed by atoms with van der Waals surface area (Å²) in [4.78, 5) is 0. The second kappa shape index (κ2) is 4.04. The molecule has 2 N–H and O–H groups in total. The van der Waals surface area contributed by atoms with Gasteiger partial charge in [0.1, 0.15) is 0 Å². The Hall–Kier alpha value is -0.120. The van der Waals surface area contributed by atoms with Gasteiger partial charge in [0.05, 0.1) is 25.4 Å². The van der Waals surface area contributed by atoms with Gasteiger partial charge in [-0.3, -0.25) is 0 Å². The molecule has 0 radical (unpaired) electrons. The monoisotopic (exact) mass is 159 g/mol. The number of hydrogen-bond donors (Lipinski definition) is 2. The van der Waals surface area contributed by atoms with Gasteiger partial charge in [0.2, 0.25) is 0 Å². The summed E-state index contributed by atoms with van der Waals surface area (Å²) in [5.41, 5.74) is -0.146. The van der Waals surface area contributed by atoms with E-state index in [1.165, 1.54) is 0 Å². The molecule has 1 fully saturated rings. The lowest BCUT2D eigenvalue weighted by molar-refractivity contribution is -0.00526. The van der Waals surface area contributed by atoms with Crippen LogP contribution in [0.15, 0.2) is 0 Å². The number of nitrogens with one attached hydrogen (secondary N) is 1. The van der Waals surface area contributed by atoms with Gasteiger partial charge in [0.15, 0.2) is 0 Å². The van der Waals surface area contributed by atoms with E-state index in [1.54, 1.807) is 0 Å². The highest BCUT2D eigenvalue weighted by Gasteiger charge is 2.30. The van der Waals surface area contributed by atoms with Crippen molar-refractivity contribution in [3.8, 4) is 0 Å². The molecule has 1 saturated heterocycles. The van der Waals surface area contributed by atoms with Gasteiger partial charge in [-0.25, -0.2) is 0 Å². The minimum absolute atomic E-state index is 0.146. The molecule has 0 aromatic heterocycles. The SMILES string of the molecule is CCCC1(CO)COCCN1. The Morgan fingerprint density at radius 1 is 1.64 bits per heavy atom. The van der Waals surface area contributed by atoms with Crippen LogP contribution < -0.4 is 5.32 Å². The lowest BCUT2D eigenvalue weighted by Gasteiger charge is -2.36. The Morgan fingerprint density at radius 2 is 2.45 bits per heavy atom. The van der Waals surface area contributed by atoms with Gasteiger partial charge in [0.25, 0.3) is 0 Å². The molecule has 0 saturated carbocycles. The zero-order chi connectivity index (χ0) is 8.16. The zero-order valence-electron chi connectivity index (χ0n) is 7.10. The van der Waals surface area contributed by atoms with Crippen molar-refractivity contribution >= 4 is 0 Å². The zero-order valence-corrected chi connectivity index (χ0v) is 7.10. The maximum Gasteiger partial charge on any atom is 0.0671 e. The smallest absolute Gasteiger partial charge is 0.0671 e. The van der Waals surface area contributed by atoms with Crippen LogP contribution in [-0.2, 0) is 4.74 Å². The number of aliphatic hydroxyl groups is 1. The summed E-state index contributed by atoms with van der Waals surface area (Å²) in [6.07, 6.45) is 2.07. The second-order valence-electron chi connectivity index (χ2n) is 3.17. The molecule has 0 amide bonds. The predicted molar refractivity (Wildman–Crippen MR) is 43.5 cm³/mol. The minimum Gasteiger partial charge on any atom is -0.394 e. The fourth-order valence-corrected chi connectivity index (χ4v) is 1.53. The largest absolute Gasteiger partial charge is 0.394 e. The van der Waals surface area contributed by atoms with Crippen molar-refractivity contribution in [1.82, 2.24) is 5.32 Å². The quantitative estimate of drug-likeness (QED) is 0.615. The summed E-state index contributed by atoms with van der Waals surface area (Å²) in [6, 6.07) is 0. The van der Waals surface area contributed by atoms with Crippen LogP contribution >= 0.6 is 0 Å². The minimum atomic E-state index is -0.146. The summed E-state index contributed by atoms with van der Waals surface area (Å²) in [5.74, 6) is 0. The Kier molecular flexibility index (Phi) is 3.30. The standard InChI is InChI=1S/C8H17NO2/c1-2-3-8(6-10)7-11-5-4-9-8/h9-10H,2-7H2,1H3. The molecule has 11 heavy (non-hydrogen) atoms. The number of ether oxygens (including phenoxy) is 1. The van der Waals surface area contributed by atoms with Crippen molar-refractivity contribution in [3.05, 3.63) is 0 Å². The van der Waals surface area contributed by atoms with E-state index >= 15 is 0 Å². The van der Waals surface area contributed by atoms with Gasteiger partial charge in [-0.15, -0.1) is 0 Å². The highest BCUT2D eigenvalue weighted by atomic mass is 16.5. The highest BCUT2D eigenvalue weighted by Crippen LogP contribution is 2.15. The first kappa shape index (κ1) is 8.97.